The predicted molar refractivity (Wildman–Crippen MR) is 50.0 cm³/mol. The molecule has 2 nitrogen and oxygen atoms in total. The molecule has 0 unspecified atom stereocenters. The summed E-state index contributed by atoms with van der Waals surface area (Å²) in [4.78, 5) is 11.3. The first-order valence-corrected chi connectivity index (χ1v) is 4.84. The van der Waals surface area contributed by atoms with E-state index < -0.39 is 6.10 Å². The summed E-state index contributed by atoms with van der Waals surface area (Å²) in [7, 11) is 0. The van der Waals surface area contributed by atoms with Crippen molar-refractivity contribution >= 4 is 5.78 Å². The molecule has 0 amide bonds. The van der Waals surface area contributed by atoms with Crippen LogP contribution in [0, 0.1) is 5.92 Å². The predicted octanol–water partition coefficient (Wildman–Crippen LogP) is 2.15. The molecule has 0 aromatic heterocycles. The topological polar surface area (TPSA) is 37.3 Å². The van der Waals surface area contributed by atoms with E-state index in [1.165, 1.54) is 0 Å². The van der Waals surface area contributed by atoms with Crippen molar-refractivity contribution in [2.75, 3.05) is 0 Å². The average molecular weight is 172 g/mol. The largest absolute Gasteiger partial charge is 0.392 e. The van der Waals surface area contributed by atoms with Crippen LogP contribution in [0.4, 0.5) is 0 Å². The molecule has 0 bridgehead atoms. The smallest absolute Gasteiger partial charge is 0.138 e. The van der Waals surface area contributed by atoms with Crippen molar-refractivity contribution in [2.45, 2.75) is 52.6 Å². The summed E-state index contributed by atoms with van der Waals surface area (Å²) in [6.45, 7) is 5.77. The molecule has 0 aliphatic carbocycles. The summed E-state index contributed by atoms with van der Waals surface area (Å²) in [5, 5.41) is 9.38. The second kappa shape index (κ2) is 6.18. The van der Waals surface area contributed by atoms with Crippen LogP contribution in [0.3, 0.4) is 0 Å². The van der Waals surface area contributed by atoms with Crippen molar-refractivity contribution < 1.29 is 9.90 Å². The van der Waals surface area contributed by atoms with Gasteiger partial charge in [-0.2, -0.15) is 0 Å². The average Bonchev–Trinajstić information content (AvgIpc) is 2.11. The number of hydrogen-bond donors (Lipinski definition) is 1. The number of rotatable bonds is 6. The molecule has 0 saturated carbocycles. The van der Waals surface area contributed by atoms with Crippen LogP contribution in [-0.2, 0) is 4.79 Å². The quantitative estimate of drug-likeness (QED) is 0.666. The van der Waals surface area contributed by atoms with Gasteiger partial charge in [-0.05, 0) is 12.8 Å². The van der Waals surface area contributed by atoms with Crippen molar-refractivity contribution in [3.8, 4) is 0 Å². The lowest BCUT2D eigenvalue weighted by molar-refractivity contribution is -0.125. The highest BCUT2D eigenvalue weighted by molar-refractivity contribution is 5.81. The summed E-state index contributed by atoms with van der Waals surface area (Å²) in [6.07, 6.45) is 2.82. The molecule has 0 fully saturated rings. The van der Waals surface area contributed by atoms with Crippen LogP contribution in [0.25, 0.3) is 0 Å². The van der Waals surface area contributed by atoms with Gasteiger partial charge in [0.1, 0.15) is 5.78 Å². The lowest BCUT2D eigenvalue weighted by Crippen LogP contribution is -2.24. The Morgan fingerprint density at radius 1 is 1.42 bits per heavy atom. The zero-order chi connectivity index (χ0) is 9.56. The molecule has 0 saturated heterocycles. The highest BCUT2D eigenvalue weighted by Crippen LogP contribution is 2.11. The SMILES string of the molecule is CCCCC(=O)[C@H](C)[C@H](O)CC. The fourth-order valence-corrected chi connectivity index (χ4v) is 1.15. The third kappa shape index (κ3) is 3.86. The van der Waals surface area contributed by atoms with Crippen LogP contribution in [0.2, 0.25) is 0 Å². The number of aliphatic hydroxyl groups is 1. The van der Waals surface area contributed by atoms with E-state index in [-0.39, 0.29) is 11.7 Å². The van der Waals surface area contributed by atoms with E-state index in [1.54, 1.807) is 0 Å². The molecule has 0 spiro atoms. The second-order valence-corrected chi connectivity index (χ2v) is 3.33. The Bertz CT molecular complexity index is 132. The van der Waals surface area contributed by atoms with Gasteiger partial charge in [0.05, 0.1) is 6.10 Å². The van der Waals surface area contributed by atoms with Gasteiger partial charge in [0.2, 0.25) is 0 Å². The van der Waals surface area contributed by atoms with Crippen LogP contribution in [0.1, 0.15) is 46.5 Å². The molecule has 0 aliphatic heterocycles. The van der Waals surface area contributed by atoms with Crippen molar-refractivity contribution in [3.63, 3.8) is 0 Å². The maximum Gasteiger partial charge on any atom is 0.138 e. The first-order valence-electron chi connectivity index (χ1n) is 4.84. The summed E-state index contributed by atoms with van der Waals surface area (Å²) >= 11 is 0. The van der Waals surface area contributed by atoms with E-state index in [0.29, 0.717) is 12.8 Å². The zero-order valence-corrected chi connectivity index (χ0v) is 8.34. The normalized spacial score (nSPS) is 15.7. The Labute approximate surface area is 75.0 Å². The molecule has 0 aliphatic rings. The van der Waals surface area contributed by atoms with E-state index in [0.717, 1.165) is 12.8 Å². The van der Waals surface area contributed by atoms with Crippen molar-refractivity contribution in [1.29, 1.82) is 0 Å². The third-order valence-electron chi connectivity index (χ3n) is 2.28. The summed E-state index contributed by atoms with van der Waals surface area (Å²) in [5.74, 6) is 0.0211. The summed E-state index contributed by atoms with van der Waals surface area (Å²) in [5.41, 5.74) is 0. The van der Waals surface area contributed by atoms with Gasteiger partial charge < -0.3 is 5.11 Å². The second-order valence-electron chi connectivity index (χ2n) is 3.33. The Morgan fingerprint density at radius 2 is 2.00 bits per heavy atom. The van der Waals surface area contributed by atoms with Crippen LogP contribution in [0.5, 0.6) is 0 Å². The fraction of sp³-hybridized carbons (Fsp3) is 0.900. The van der Waals surface area contributed by atoms with Crippen LogP contribution in [-0.4, -0.2) is 17.0 Å². The Hall–Kier alpha value is -0.370. The number of Topliss-reactive ketones (excluding diaryl/α,β-unsaturated/α-hetero) is 1. The molecule has 0 aromatic carbocycles. The van der Waals surface area contributed by atoms with Gasteiger partial charge in [-0.15, -0.1) is 0 Å². The molecule has 0 aromatic rings. The summed E-state index contributed by atoms with van der Waals surface area (Å²) in [6, 6.07) is 0. The van der Waals surface area contributed by atoms with Gasteiger partial charge in [0, 0.05) is 12.3 Å². The molecular formula is C10H20O2. The third-order valence-corrected chi connectivity index (χ3v) is 2.28. The molecule has 0 heterocycles. The van der Waals surface area contributed by atoms with Gasteiger partial charge in [0.15, 0.2) is 0 Å². The minimum atomic E-state index is -0.450. The summed E-state index contributed by atoms with van der Waals surface area (Å²) < 4.78 is 0. The monoisotopic (exact) mass is 172 g/mol. The highest BCUT2D eigenvalue weighted by atomic mass is 16.3. The lowest BCUT2D eigenvalue weighted by Gasteiger charge is -2.15. The zero-order valence-electron chi connectivity index (χ0n) is 8.34. The molecule has 72 valence electrons. The molecule has 1 N–H and O–H groups in total. The van der Waals surface area contributed by atoms with Gasteiger partial charge in [-0.25, -0.2) is 0 Å². The maximum absolute atomic E-state index is 11.3. The number of carbonyl (C=O) groups excluding carboxylic acids is 1. The van der Waals surface area contributed by atoms with E-state index in [9.17, 15) is 9.90 Å². The van der Waals surface area contributed by atoms with Crippen molar-refractivity contribution in [3.05, 3.63) is 0 Å². The van der Waals surface area contributed by atoms with E-state index in [2.05, 4.69) is 6.92 Å². The van der Waals surface area contributed by atoms with Crippen LogP contribution in [0.15, 0.2) is 0 Å². The molecular weight excluding hydrogens is 152 g/mol. The number of unbranched alkanes of at least 4 members (excludes halogenated alkanes) is 1. The Kier molecular flexibility index (Phi) is 5.99. The molecule has 2 atom stereocenters. The van der Waals surface area contributed by atoms with E-state index in [4.69, 9.17) is 0 Å². The maximum atomic E-state index is 11.3. The number of aliphatic hydroxyl groups excluding tert-OH is 1. The highest BCUT2D eigenvalue weighted by Gasteiger charge is 2.19. The molecule has 0 rings (SSSR count). The number of ketones is 1. The fourth-order valence-electron chi connectivity index (χ4n) is 1.15. The van der Waals surface area contributed by atoms with Crippen molar-refractivity contribution in [2.24, 2.45) is 5.92 Å². The minimum Gasteiger partial charge on any atom is -0.392 e. The van der Waals surface area contributed by atoms with Gasteiger partial charge in [0.25, 0.3) is 0 Å². The minimum absolute atomic E-state index is 0.179. The van der Waals surface area contributed by atoms with Crippen molar-refractivity contribution in [1.82, 2.24) is 0 Å². The van der Waals surface area contributed by atoms with E-state index in [1.807, 2.05) is 13.8 Å². The Balaban J connectivity index is 3.75. The molecule has 12 heavy (non-hydrogen) atoms. The molecule has 0 radical (unpaired) electrons. The number of carbonyl (C=O) groups is 1. The van der Waals surface area contributed by atoms with Crippen LogP contribution < -0.4 is 0 Å². The van der Waals surface area contributed by atoms with Gasteiger partial charge in [-0.3, -0.25) is 4.79 Å². The van der Waals surface area contributed by atoms with E-state index >= 15 is 0 Å². The van der Waals surface area contributed by atoms with Crippen LogP contribution >= 0.6 is 0 Å². The number of hydrogen-bond acceptors (Lipinski definition) is 2. The Morgan fingerprint density at radius 3 is 2.42 bits per heavy atom. The van der Waals surface area contributed by atoms with Gasteiger partial charge >= 0.3 is 0 Å². The lowest BCUT2D eigenvalue weighted by atomic mass is 9.94. The van der Waals surface area contributed by atoms with Gasteiger partial charge in [-0.1, -0.05) is 27.2 Å². The first-order chi connectivity index (χ1) is 5.63. The molecule has 2 heteroatoms. The standard InChI is InChI=1S/C10H20O2/c1-4-6-7-10(12)8(3)9(11)5-2/h8-9,11H,4-7H2,1-3H3/t8-,9-/m1/s1. The first kappa shape index (κ1) is 11.6.